The van der Waals surface area contributed by atoms with Crippen molar-refractivity contribution >= 4 is 0 Å². The molecule has 1 N–H and O–H groups in total. The van der Waals surface area contributed by atoms with Crippen molar-refractivity contribution in [1.82, 2.24) is 4.98 Å². The molecule has 0 aliphatic heterocycles. The molecule has 0 saturated heterocycles. The van der Waals surface area contributed by atoms with Gasteiger partial charge in [-0.05, 0) is 32.6 Å². The maximum Gasteiger partial charge on any atom is 0.257 e. The molecule has 1 heterocycles. The highest BCUT2D eigenvalue weighted by molar-refractivity contribution is 4.90. The molecule has 0 radical (unpaired) electrons. The van der Waals surface area contributed by atoms with Crippen molar-refractivity contribution in [1.29, 1.82) is 0 Å². The Labute approximate surface area is 227 Å². The summed E-state index contributed by atoms with van der Waals surface area (Å²) < 4.78 is 2.61. The van der Waals surface area contributed by atoms with E-state index in [2.05, 4.69) is 49.6 Å². The standard InChI is InChI=1S/C34H66N2/c1-5-8-11-14-16-17-18-19-21-23-26-29-33(28-25-13-10-7-3)34-35-30-31-36(34)32(4)27-24-22-20-15-12-9-6-2/h30-33H,5-29H2,1-4H3/p+1. The lowest BCUT2D eigenvalue weighted by atomic mass is 9.93. The lowest BCUT2D eigenvalue weighted by Gasteiger charge is -2.17. The van der Waals surface area contributed by atoms with Crippen molar-refractivity contribution < 1.29 is 4.57 Å². The summed E-state index contributed by atoms with van der Waals surface area (Å²) in [5.74, 6) is 2.24. The first-order valence-electron chi connectivity index (χ1n) is 16.8. The number of nitrogens with one attached hydrogen (secondary N) is 1. The van der Waals surface area contributed by atoms with Crippen LogP contribution in [0.15, 0.2) is 12.4 Å². The SMILES string of the molecule is CCCCCCCCCCCCCC(CCCCCC)c1[nH]cc[n+]1C(C)CCCCCCCCC. The fraction of sp³-hybridized carbons (Fsp3) is 0.912. The lowest BCUT2D eigenvalue weighted by Crippen LogP contribution is -2.41. The van der Waals surface area contributed by atoms with E-state index >= 15 is 0 Å². The fourth-order valence-electron chi connectivity index (χ4n) is 5.90. The Morgan fingerprint density at radius 1 is 0.528 bits per heavy atom. The van der Waals surface area contributed by atoms with E-state index in [4.69, 9.17) is 0 Å². The van der Waals surface area contributed by atoms with Crippen LogP contribution in [0.1, 0.15) is 206 Å². The Morgan fingerprint density at radius 3 is 1.33 bits per heavy atom. The van der Waals surface area contributed by atoms with E-state index in [-0.39, 0.29) is 0 Å². The number of aromatic nitrogens is 2. The van der Waals surface area contributed by atoms with Crippen molar-refractivity contribution in [3.05, 3.63) is 18.2 Å². The average molecular weight is 504 g/mol. The molecule has 0 fully saturated rings. The number of rotatable bonds is 27. The molecule has 0 saturated carbocycles. The van der Waals surface area contributed by atoms with Gasteiger partial charge < -0.3 is 0 Å². The summed E-state index contributed by atoms with van der Waals surface area (Å²) in [5.41, 5.74) is 0. The monoisotopic (exact) mass is 504 g/mol. The van der Waals surface area contributed by atoms with Crippen LogP contribution in [0.25, 0.3) is 0 Å². The third-order valence-corrected chi connectivity index (χ3v) is 8.39. The zero-order valence-electron chi connectivity index (χ0n) is 25.4. The van der Waals surface area contributed by atoms with Crippen LogP contribution in [0.2, 0.25) is 0 Å². The molecule has 36 heavy (non-hydrogen) atoms. The molecule has 1 rings (SSSR count). The van der Waals surface area contributed by atoms with E-state index < -0.39 is 0 Å². The van der Waals surface area contributed by atoms with Crippen LogP contribution >= 0.6 is 0 Å². The van der Waals surface area contributed by atoms with Gasteiger partial charge in [-0.15, -0.1) is 0 Å². The van der Waals surface area contributed by atoms with Gasteiger partial charge in [0.15, 0.2) is 0 Å². The predicted octanol–water partition coefficient (Wildman–Crippen LogP) is 11.8. The topological polar surface area (TPSA) is 19.7 Å². The van der Waals surface area contributed by atoms with Crippen LogP contribution in [0, 0.1) is 0 Å². The van der Waals surface area contributed by atoms with E-state index in [9.17, 15) is 0 Å². The number of nitrogens with zero attached hydrogens (tertiary/aromatic N) is 1. The smallest absolute Gasteiger partial charge is 0.247 e. The van der Waals surface area contributed by atoms with Crippen molar-refractivity contribution in [2.75, 3.05) is 0 Å². The first-order chi connectivity index (χ1) is 17.7. The van der Waals surface area contributed by atoms with E-state index in [1.54, 1.807) is 0 Å². The van der Waals surface area contributed by atoms with Gasteiger partial charge in [0.2, 0.25) is 0 Å². The van der Waals surface area contributed by atoms with Gasteiger partial charge in [-0.2, -0.15) is 0 Å². The Morgan fingerprint density at radius 2 is 0.889 bits per heavy atom. The second kappa shape index (κ2) is 24.5. The third kappa shape index (κ3) is 16.9. The van der Waals surface area contributed by atoms with Gasteiger partial charge in [0.1, 0.15) is 12.4 Å². The first kappa shape index (κ1) is 33.2. The van der Waals surface area contributed by atoms with E-state index in [1.165, 1.54) is 166 Å². The van der Waals surface area contributed by atoms with Crippen molar-refractivity contribution in [3.63, 3.8) is 0 Å². The summed E-state index contributed by atoms with van der Waals surface area (Å²) in [6, 6.07) is 0.623. The normalized spacial score (nSPS) is 13.3. The molecule has 1 aromatic rings. The molecule has 2 atom stereocenters. The largest absolute Gasteiger partial charge is 0.257 e. The molecule has 0 aromatic carbocycles. The van der Waals surface area contributed by atoms with Crippen molar-refractivity contribution in [3.8, 4) is 0 Å². The number of imidazole rings is 1. The van der Waals surface area contributed by atoms with Gasteiger partial charge >= 0.3 is 0 Å². The Balaban J connectivity index is 2.40. The summed E-state index contributed by atoms with van der Waals surface area (Å²) in [4.78, 5) is 3.71. The van der Waals surface area contributed by atoms with Crippen LogP contribution in [0.3, 0.4) is 0 Å². The highest BCUT2D eigenvalue weighted by atomic mass is 15.1. The Hall–Kier alpha value is -0.790. The number of unbranched alkanes of at least 4 members (excludes halogenated alkanes) is 19. The maximum atomic E-state index is 3.71. The fourth-order valence-corrected chi connectivity index (χ4v) is 5.90. The Kier molecular flexibility index (Phi) is 22.7. The molecule has 0 aliphatic rings. The van der Waals surface area contributed by atoms with Gasteiger partial charge in [-0.25, -0.2) is 9.55 Å². The minimum absolute atomic E-state index is 0.623. The molecule has 2 nitrogen and oxygen atoms in total. The zero-order valence-corrected chi connectivity index (χ0v) is 25.4. The molecule has 0 spiro atoms. The summed E-state index contributed by atoms with van der Waals surface area (Å²) in [6.07, 6.45) is 39.8. The van der Waals surface area contributed by atoms with E-state index in [1.807, 2.05) is 0 Å². The second-order valence-electron chi connectivity index (χ2n) is 11.9. The average Bonchev–Trinajstić information content (AvgIpc) is 3.38. The van der Waals surface area contributed by atoms with Crippen LogP contribution in [-0.4, -0.2) is 4.98 Å². The number of aromatic amines is 1. The second-order valence-corrected chi connectivity index (χ2v) is 11.9. The third-order valence-electron chi connectivity index (χ3n) is 8.39. The van der Waals surface area contributed by atoms with Gasteiger partial charge in [0, 0.05) is 0 Å². The molecule has 2 unspecified atom stereocenters. The molecule has 2 heteroatoms. The van der Waals surface area contributed by atoms with Gasteiger partial charge in [-0.1, -0.05) is 156 Å². The molecule has 0 aliphatic carbocycles. The van der Waals surface area contributed by atoms with Crippen LogP contribution in [-0.2, 0) is 0 Å². The molecular formula is C34H67N2+. The minimum atomic E-state index is 0.623. The summed E-state index contributed by atoms with van der Waals surface area (Å²) in [5, 5.41) is 0. The summed E-state index contributed by atoms with van der Waals surface area (Å²) in [6.45, 7) is 9.39. The summed E-state index contributed by atoms with van der Waals surface area (Å²) in [7, 11) is 0. The highest BCUT2D eigenvalue weighted by Gasteiger charge is 2.25. The van der Waals surface area contributed by atoms with Crippen LogP contribution in [0.5, 0.6) is 0 Å². The van der Waals surface area contributed by atoms with Gasteiger partial charge in [-0.3, -0.25) is 0 Å². The van der Waals surface area contributed by atoms with Crippen LogP contribution in [0.4, 0.5) is 0 Å². The number of hydrogen-bond donors (Lipinski definition) is 1. The predicted molar refractivity (Wildman–Crippen MR) is 161 cm³/mol. The zero-order chi connectivity index (χ0) is 26.1. The highest BCUT2D eigenvalue weighted by Crippen LogP contribution is 2.27. The maximum absolute atomic E-state index is 3.71. The molecular weight excluding hydrogens is 436 g/mol. The quantitative estimate of drug-likeness (QED) is 0.0909. The van der Waals surface area contributed by atoms with Crippen LogP contribution < -0.4 is 4.57 Å². The lowest BCUT2D eigenvalue weighted by molar-refractivity contribution is -0.727. The first-order valence-corrected chi connectivity index (χ1v) is 16.8. The molecule has 0 amide bonds. The van der Waals surface area contributed by atoms with Crippen molar-refractivity contribution in [2.45, 2.75) is 200 Å². The van der Waals surface area contributed by atoms with Gasteiger partial charge in [0.25, 0.3) is 5.82 Å². The Bertz CT molecular complexity index is 563. The van der Waals surface area contributed by atoms with E-state index in [0.717, 1.165) is 0 Å². The summed E-state index contributed by atoms with van der Waals surface area (Å²) >= 11 is 0. The molecule has 1 aromatic heterocycles. The molecule has 212 valence electrons. The minimum Gasteiger partial charge on any atom is -0.247 e. The number of hydrogen-bond acceptors (Lipinski definition) is 0. The van der Waals surface area contributed by atoms with E-state index in [0.29, 0.717) is 12.0 Å². The van der Waals surface area contributed by atoms with Crippen molar-refractivity contribution in [2.24, 2.45) is 0 Å². The molecule has 0 bridgehead atoms. The number of H-pyrrole nitrogens is 1. The van der Waals surface area contributed by atoms with Gasteiger partial charge in [0.05, 0.1) is 12.0 Å².